The first kappa shape index (κ1) is 63.5. The van der Waals surface area contributed by atoms with E-state index in [1.54, 1.807) is 18.6 Å². The molecular weight excluding hydrogens is 1210 g/mol. The average Bonchev–Trinajstić information content (AvgIpc) is 0.869. The van der Waals surface area contributed by atoms with Gasteiger partial charge >= 0.3 is 55.3 Å². The Kier molecular flexibility index (Phi) is 16.5. The highest BCUT2D eigenvalue weighted by Crippen LogP contribution is 2.46. The number of alkyl halides is 24. The van der Waals surface area contributed by atoms with E-state index in [0.717, 1.165) is 11.1 Å². The van der Waals surface area contributed by atoms with E-state index >= 15 is 0 Å². The summed E-state index contributed by atoms with van der Waals surface area (Å²) in [7, 11) is 0. The average molecular weight is 1240 g/mol. The Morgan fingerprint density at radius 1 is 0.395 bits per heavy atom. The minimum atomic E-state index is -6.13. The summed E-state index contributed by atoms with van der Waals surface area (Å²) < 4.78 is 349. The SMILES string of the molecule is FC(F)(F)c1cc([B-](c2cc(C(F)(F)F)cc(C(F)(F)F)c2)(c2cc(C(F)(F)F)cc(C(F)(F)F)c2)c2cc(C(F)(F)F)cc(C(F)(F)F)c2)cc(C(F)(F)F)c1.O=C(C[n+]1ccncc1OC1c2ccccc2-c2ccccc21)c1ccccc1. The minimum absolute atomic E-state index is 0.0267. The van der Waals surface area contributed by atoms with E-state index in [-0.39, 0.29) is 18.4 Å². The van der Waals surface area contributed by atoms with Crippen LogP contribution in [0, 0.1) is 0 Å². The molecule has 9 rings (SSSR count). The van der Waals surface area contributed by atoms with Crippen molar-refractivity contribution in [1.82, 2.24) is 4.98 Å². The monoisotopic (exact) mass is 1240 g/mol. The van der Waals surface area contributed by atoms with Gasteiger partial charge < -0.3 is 4.74 Å². The van der Waals surface area contributed by atoms with E-state index < -0.39 is 195 Å². The summed E-state index contributed by atoms with van der Waals surface area (Å²) in [6, 6.07) is 17.0. The number of aromatic nitrogens is 2. The normalized spacial score (nSPS) is 13.6. The number of hydrogen-bond donors (Lipinski definition) is 0. The van der Waals surface area contributed by atoms with Crippen LogP contribution in [0.5, 0.6) is 5.88 Å². The van der Waals surface area contributed by atoms with Crippen molar-refractivity contribution in [2.75, 3.05) is 0 Å². The third kappa shape index (κ3) is 13.4. The van der Waals surface area contributed by atoms with Crippen LogP contribution < -0.4 is 31.2 Å². The number of benzene rings is 7. The van der Waals surface area contributed by atoms with E-state index in [1.165, 1.54) is 11.1 Å². The lowest BCUT2D eigenvalue weighted by molar-refractivity contribution is -0.689. The zero-order valence-electron chi connectivity index (χ0n) is 42.3. The first-order valence-corrected chi connectivity index (χ1v) is 24.2. The summed E-state index contributed by atoms with van der Waals surface area (Å²) in [5, 5.41) is 0. The van der Waals surface area contributed by atoms with E-state index in [4.69, 9.17) is 4.74 Å². The van der Waals surface area contributed by atoms with E-state index in [9.17, 15) is 110 Å². The van der Waals surface area contributed by atoms with Gasteiger partial charge in [-0.05, 0) is 35.4 Å². The molecule has 0 saturated heterocycles. The summed E-state index contributed by atoms with van der Waals surface area (Å²) >= 11 is 0. The molecule has 1 aliphatic rings. The lowest BCUT2D eigenvalue weighted by Crippen LogP contribution is -2.75. The van der Waals surface area contributed by atoms with Gasteiger partial charge in [-0.15, -0.1) is 0 Å². The second kappa shape index (κ2) is 22.4. The number of halogens is 24. The van der Waals surface area contributed by atoms with Gasteiger partial charge in [0.1, 0.15) is 12.3 Å². The highest BCUT2D eigenvalue weighted by atomic mass is 19.4. The molecule has 8 aromatic rings. The molecule has 0 aliphatic heterocycles. The van der Waals surface area contributed by atoms with Crippen LogP contribution >= 0.6 is 0 Å². The molecule has 1 heterocycles. The Balaban J connectivity index is 0.000000274. The molecule has 0 saturated carbocycles. The first-order valence-electron chi connectivity index (χ1n) is 24.2. The fourth-order valence-corrected chi connectivity index (χ4v) is 9.90. The molecular formula is C57H31BF24N2O2. The predicted octanol–water partition coefficient (Wildman–Crippen LogP) is 15.6. The number of nitrogens with zero attached hydrogens (tertiary/aromatic N) is 2. The third-order valence-electron chi connectivity index (χ3n) is 13.7. The molecule has 4 nitrogen and oxygen atoms in total. The van der Waals surface area contributed by atoms with Crippen LogP contribution in [0.15, 0.2) is 170 Å². The summed E-state index contributed by atoms with van der Waals surface area (Å²) in [5.41, 5.74) is -24.9. The number of Topliss-reactive ketones (excluding diaryl/α,β-unsaturated/α-hetero) is 1. The smallest absolute Gasteiger partial charge is 0.416 e. The van der Waals surface area contributed by atoms with Crippen LogP contribution in [0.25, 0.3) is 11.1 Å². The highest BCUT2D eigenvalue weighted by molar-refractivity contribution is 7.20. The molecule has 29 heteroatoms. The lowest BCUT2D eigenvalue weighted by Gasteiger charge is -2.46. The minimum Gasteiger partial charge on any atom is -0.430 e. The summed E-state index contributed by atoms with van der Waals surface area (Å²) in [6.45, 7) is 0.192. The van der Waals surface area contributed by atoms with Crippen LogP contribution in [0.3, 0.4) is 0 Å². The molecule has 0 fully saturated rings. The molecule has 86 heavy (non-hydrogen) atoms. The van der Waals surface area contributed by atoms with Crippen molar-refractivity contribution < 1.29 is 119 Å². The van der Waals surface area contributed by atoms with Gasteiger partial charge in [-0.1, -0.05) is 127 Å². The van der Waals surface area contributed by atoms with Gasteiger partial charge in [0.25, 0.3) is 0 Å². The Morgan fingerprint density at radius 2 is 0.674 bits per heavy atom. The Morgan fingerprint density at radius 3 is 0.965 bits per heavy atom. The van der Waals surface area contributed by atoms with E-state index in [1.807, 2.05) is 59.2 Å². The fourth-order valence-electron chi connectivity index (χ4n) is 9.90. The van der Waals surface area contributed by atoms with Gasteiger partial charge in [0, 0.05) is 16.7 Å². The molecule has 0 radical (unpaired) electrons. The zero-order valence-corrected chi connectivity index (χ0v) is 42.3. The number of fused-ring (bicyclic) bond motifs is 3. The molecule has 0 N–H and O–H groups in total. The number of carbonyl (C=O) groups is 1. The van der Waals surface area contributed by atoms with Gasteiger partial charge in [-0.3, -0.25) is 4.79 Å². The molecule has 452 valence electrons. The number of ketones is 1. The van der Waals surface area contributed by atoms with E-state index in [2.05, 4.69) is 29.2 Å². The number of ether oxygens (including phenoxy) is 1. The van der Waals surface area contributed by atoms with Crippen LogP contribution in [-0.4, -0.2) is 16.9 Å². The molecule has 0 spiro atoms. The topological polar surface area (TPSA) is 43.1 Å². The second-order valence-corrected chi connectivity index (χ2v) is 19.2. The summed E-state index contributed by atoms with van der Waals surface area (Å²) in [5.74, 6) is 0.590. The van der Waals surface area contributed by atoms with Crippen molar-refractivity contribution in [2.45, 2.75) is 62.1 Å². The van der Waals surface area contributed by atoms with Gasteiger partial charge in [0.05, 0.1) is 50.7 Å². The van der Waals surface area contributed by atoms with E-state index in [0.29, 0.717) is 11.4 Å². The quantitative estimate of drug-likeness (QED) is 0.0626. The van der Waals surface area contributed by atoms with Gasteiger partial charge in [-0.25, -0.2) is 4.98 Å². The molecule has 1 aromatic heterocycles. The molecule has 0 amide bonds. The third-order valence-corrected chi connectivity index (χ3v) is 13.7. The van der Waals surface area contributed by atoms with Crippen LogP contribution in [0.2, 0.25) is 0 Å². The van der Waals surface area contributed by atoms with Crippen molar-refractivity contribution in [3.8, 4) is 17.0 Å². The molecule has 0 atom stereocenters. The lowest BCUT2D eigenvalue weighted by atomic mass is 9.12. The maximum Gasteiger partial charge on any atom is 0.416 e. The molecule has 0 bridgehead atoms. The largest absolute Gasteiger partial charge is 0.430 e. The van der Waals surface area contributed by atoms with Crippen LogP contribution in [0.1, 0.15) is 72.1 Å². The maximum atomic E-state index is 14.2. The van der Waals surface area contributed by atoms with Gasteiger partial charge in [0.2, 0.25) is 12.3 Å². The van der Waals surface area contributed by atoms with Gasteiger partial charge in [-0.2, -0.15) is 132 Å². The van der Waals surface area contributed by atoms with Crippen molar-refractivity contribution in [3.05, 3.63) is 231 Å². The second-order valence-electron chi connectivity index (χ2n) is 19.2. The van der Waals surface area contributed by atoms with Crippen molar-refractivity contribution in [3.63, 3.8) is 0 Å². The Bertz CT molecular complexity index is 3340. The Hall–Kier alpha value is -8.53. The fraction of sp³-hybridized carbons (Fsp3) is 0.175. The standard InChI is InChI=1S/C32H12BF24.C25H19N2O2/c34-25(35,36)13-1-14(26(37,38)39)6-21(5-13)33(22-7-15(27(40,41)42)2-16(8-22)28(43,44)45,23-9-17(29(46,47)48)3-18(10-23)30(49,50)51)24-11-19(31(52,53)54)4-20(12-24)32(55,56)57;28-23(18-8-2-1-3-9-18)17-27-15-14-26-16-24(27)29-25-21-12-6-4-10-19(21)20-11-5-7-13-22(20)25/h1-12H;1-16,25H,17H2/q-1;+1. The number of carbonyl (C=O) groups excluding carboxylic acids is 1. The summed E-state index contributed by atoms with van der Waals surface area (Å²) in [4.78, 5) is 16.9. The molecule has 0 unspecified atom stereocenters. The first-order chi connectivity index (χ1) is 39.6. The van der Waals surface area contributed by atoms with Crippen LogP contribution in [0.4, 0.5) is 105 Å². The van der Waals surface area contributed by atoms with Crippen LogP contribution in [-0.2, 0) is 56.0 Å². The highest BCUT2D eigenvalue weighted by Gasteiger charge is 2.47. The number of hydrogen-bond acceptors (Lipinski definition) is 3. The maximum absolute atomic E-state index is 14.2. The van der Waals surface area contributed by atoms with Crippen molar-refractivity contribution in [2.24, 2.45) is 0 Å². The summed E-state index contributed by atoms with van der Waals surface area (Å²) in [6.07, 6.45) is -49.9. The predicted molar refractivity (Wildman–Crippen MR) is 260 cm³/mol. The van der Waals surface area contributed by atoms with Crippen molar-refractivity contribution in [1.29, 1.82) is 0 Å². The molecule has 7 aromatic carbocycles. The Labute approximate surface area is 467 Å². The number of rotatable bonds is 9. The van der Waals surface area contributed by atoms with Gasteiger partial charge in [0.15, 0.2) is 12.3 Å². The van der Waals surface area contributed by atoms with Crippen molar-refractivity contribution >= 4 is 33.8 Å². The zero-order chi connectivity index (χ0) is 63.5. The molecule has 1 aliphatic carbocycles.